The first-order chi connectivity index (χ1) is 6.91. The Labute approximate surface area is 92.0 Å². The first-order valence-corrected chi connectivity index (χ1v) is 5.46. The molecule has 0 bridgehead atoms. The summed E-state index contributed by atoms with van der Waals surface area (Å²) in [7, 11) is 0. The van der Waals surface area contributed by atoms with Crippen LogP contribution < -0.4 is 5.56 Å². The maximum Gasteiger partial charge on any atom is 0.250 e. The van der Waals surface area contributed by atoms with Crippen LogP contribution >= 0.6 is 0 Å². The van der Waals surface area contributed by atoms with Crippen LogP contribution in [0.5, 0.6) is 0 Å². The van der Waals surface area contributed by atoms with E-state index < -0.39 is 0 Å². The average Bonchev–Trinajstić information content (AvgIpc) is 2.00. The molecule has 0 aliphatic heterocycles. The summed E-state index contributed by atoms with van der Waals surface area (Å²) >= 11 is 0. The minimum absolute atomic E-state index is 0.0735. The average molecular weight is 210 g/mol. The Morgan fingerprint density at radius 1 is 1.27 bits per heavy atom. The number of hydrogen-bond donors (Lipinski definition) is 1. The van der Waals surface area contributed by atoms with Crippen molar-refractivity contribution in [2.45, 2.75) is 41.0 Å². The maximum atomic E-state index is 10.8. The van der Waals surface area contributed by atoms with E-state index in [0.29, 0.717) is 5.92 Å². The predicted molar refractivity (Wildman–Crippen MR) is 63.9 cm³/mol. The van der Waals surface area contributed by atoms with Gasteiger partial charge in [0.05, 0.1) is 0 Å². The van der Waals surface area contributed by atoms with Gasteiger partial charge in [0.2, 0.25) is 0 Å². The molecule has 1 heterocycles. The number of nitrogens with zero attached hydrogens (tertiary/aromatic N) is 1. The van der Waals surface area contributed by atoms with Crippen molar-refractivity contribution in [3.63, 3.8) is 0 Å². The lowest BCUT2D eigenvalue weighted by molar-refractivity contribution is 0.618. The Morgan fingerprint density at radius 2 is 1.80 bits per heavy atom. The fourth-order valence-corrected chi connectivity index (χ4v) is 0.902. The first-order valence-electron chi connectivity index (χ1n) is 5.46. The molecule has 0 unspecified atom stereocenters. The van der Waals surface area contributed by atoms with Crippen molar-refractivity contribution >= 4 is 0 Å². The molecule has 0 atom stereocenters. The predicted octanol–water partition coefficient (Wildman–Crippen LogP) is 2.63. The van der Waals surface area contributed by atoms with Crippen molar-refractivity contribution in [2.75, 3.05) is 0 Å². The van der Waals surface area contributed by atoms with E-state index in [4.69, 9.17) is 0 Å². The minimum Gasteiger partial charge on any atom is -0.311 e. The molecule has 1 aromatic heterocycles. The highest BCUT2D eigenvalue weighted by Gasteiger charge is 1.97. The molecule has 3 heteroatoms. The Morgan fingerprint density at radius 3 is 2.20 bits per heavy atom. The molecule has 3 nitrogen and oxygen atoms in total. The van der Waals surface area contributed by atoms with Gasteiger partial charge < -0.3 is 4.98 Å². The third-order valence-corrected chi connectivity index (χ3v) is 1.33. The van der Waals surface area contributed by atoms with Gasteiger partial charge in [-0.3, -0.25) is 4.79 Å². The minimum atomic E-state index is -0.0735. The Bertz CT molecular complexity index is 313. The summed E-state index contributed by atoms with van der Waals surface area (Å²) in [6.45, 7) is 10.7. The van der Waals surface area contributed by atoms with Gasteiger partial charge in [0.15, 0.2) is 0 Å². The van der Waals surface area contributed by atoms with Crippen LogP contribution in [0.1, 0.15) is 40.4 Å². The first kappa shape index (κ1) is 13.9. The number of hydrogen-bond acceptors (Lipinski definition) is 2. The number of aromatic nitrogens is 2. The molecule has 1 aromatic rings. The molecule has 0 aliphatic carbocycles. The number of aromatic amines is 1. The molecular formula is C12H22N2O. The molecule has 1 rings (SSSR count). The van der Waals surface area contributed by atoms with Gasteiger partial charge in [-0.05, 0) is 11.8 Å². The quantitative estimate of drug-likeness (QED) is 0.815. The molecule has 0 aromatic carbocycles. The lowest BCUT2D eigenvalue weighted by Gasteiger charge is -2.01. The third kappa shape index (κ3) is 9.19. The summed E-state index contributed by atoms with van der Waals surface area (Å²) in [6, 6.07) is 1.42. The zero-order valence-corrected chi connectivity index (χ0v) is 10.4. The Balaban J connectivity index is 0.000000423. The van der Waals surface area contributed by atoms with Crippen molar-refractivity contribution in [2.24, 2.45) is 11.8 Å². The molecule has 0 fully saturated rings. The fraction of sp³-hybridized carbons (Fsp3) is 0.667. The second-order valence-electron chi connectivity index (χ2n) is 4.71. The molecule has 86 valence electrons. The van der Waals surface area contributed by atoms with Crippen LogP contribution in [0.2, 0.25) is 0 Å². The molecule has 0 radical (unpaired) electrons. The molecule has 0 aliphatic rings. The highest BCUT2D eigenvalue weighted by molar-refractivity contribution is 4.89. The highest BCUT2D eigenvalue weighted by atomic mass is 16.1. The third-order valence-electron chi connectivity index (χ3n) is 1.33. The van der Waals surface area contributed by atoms with Gasteiger partial charge in [0, 0.05) is 18.7 Å². The summed E-state index contributed by atoms with van der Waals surface area (Å²) in [5, 5.41) is 0. The Hall–Kier alpha value is -1.12. The van der Waals surface area contributed by atoms with Crippen LogP contribution in [-0.4, -0.2) is 9.97 Å². The van der Waals surface area contributed by atoms with E-state index in [9.17, 15) is 4.79 Å². The van der Waals surface area contributed by atoms with Crippen LogP contribution in [0.25, 0.3) is 0 Å². The number of rotatable bonds is 2. The molecule has 0 spiro atoms. The van der Waals surface area contributed by atoms with Crippen LogP contribution in [0.4, 0.5) is 0 Å². The summed E-state index contributed by atoms with van der Waals surface area (Å²) in [4.78, 5) is 17.5. The molecule has 0 saturated heterocycles. The van der Waals surface area contributed by atoms with Gasteiger partial charge in [-0.1, -0.05) is 34.6 Å². The monoisotopic (exact) mass is 210 g/mol. The second kappa shape index (κ2) is 7.21. The summed E-state index contributed by atoms with van der Waals surface area (Å²) < 4.78 is 0. The van der Waals surface area contributed by atoms with Gasteiger partial charge in [-0.15, -0.1) is 0 Å². The molecule has 0 amide bonds. The smallest absolute Gasteiger partial charge is 0.250 e. The summed E-state index contributed by atoms with van der Waals surface area (Å²) in [6.07, 6.45) is 2.37. The zero-order valence-electron chi connectivity index (χ0n) is 10.4. The maximum absolute atomic E-state index is 10.8. The largest absolute Gasteiger partial charge is 0.311 e. The zero-order chi connectivity index (χ0) is 11.8. The van der Waals surface area contributed by atoms with E-state index in [2.05, 4.69) is 44.6 Å². The Kier molecular flexibility index (Phi) is 6.67. The van der Waals surface area contributed by atoms with E-state index >= 15 is 0 Å². The van der Waals surface area contributed by atoms with Crippen molar-refractivity contribution in [1.82, 2.24) is 9.97 Å². The van der Waals surface area contributed by atoms with Gasteiger partial charge in [-0.25, -0.2) is 4.98 Å². The van der Waals surface area contributed by atoms with Gasteiger partial charge >= 0.3 is 0 Å². The normalized spacial score (nSPS) is 10.1. The summed E-state index contributed by atoms with van der Waals surface area (Å²) in [5.41, 5.74) is -0.0735. The topological polar surface area (TPSA) is 45.8 Å². The molecule has 0 saturated carbocycles. The van der Waals surface area contributed by atoms with Gasteiger partial charge in [-0.2, -0.15) is 0 Å². The fourth-order valence-electron chi connectivity index (χ4n) is 0.902. The lowest BCUT2D eigenvalue weighted by Crippen LogP contribution is -2.10. The van der Waals surface area contributed by atoms with E-state index in [1.54, 1.807) is 0 Å². The number of H-pyrrole nitrogens is 1. The molecular weight excluding hydrogens is 188 g/mol. The lowest BCUT2D eigenvalue weighted by atomic mass is 10.1. The van der Waals surface area contributed by atoms with Gasteiger partial charge in [0.25, 0.3) is 5.56 Å². The van der Waals surface area contributed by atoms with Gasteiger partial charge in [0.1, 0.15) is 5.82 Å². The van der Waals surface area contributed by atoms with Crippen LogP contribution in [0, 0.1) is 11.8 Å². The van der Waals surface area contributed by atoms with Crippen LogP contribution in [-0.2, 0) is 6.42 Å². The molecule has 1 N–H and O–H groups in total. The second-order valence-corrected chi connectivity index (χ2v) is 4.71. The van der Waals surface area contributed by atoms with Crippen LogP contribution in [0.15, 0.2) is 17.1 Å². The van der Waals surface area contributed by atoms with E-state index in [1.807, 2.05) is 0 Å². The van der Waals surface area contributed by atoms with Crippen molar-refractivity contribution in [1.29, 1.82) is 0 Å². The van der Waals surface area contributed by atoms with Crippen molar-refractivity contribution in [3.05, 3.63) is 28.4 Å². The highest BCUT2D eigenvalue weighted by Crippen LogP contribution is 1.98. The van der Waals surface area contributed by atoms with E-state index in [1.165, 1.54) is 12.3 Å². The molecule has 15 heavy (non-hydrogen) atoms. The van der Waals surface area contributed by atoms with Crippen LogP contribution in [0.3, 0.4) is 0 Å². The standard InChI is InChI=1S/C8H12N2O.C4H10/c1-6(2)5-7-9-4-3-8(11)10-7;1-4(2)3/h3-4,6H,5H2,1-2H3,(H,9,10,11);4H,1-3H3. The number of nitrogens with one attached hydrogen (secondary N) is 1. The summed E-state index contributed by atoms with van der Waals surface area (Å²) in [5.74, 6) is 2.13. The van der Waals surface area contributed by atoms with Crippen molar-refractivity contribution in [3.8, 4) is 0 Å². The van der Waals surface area contributed by atoms with E-state index in [-0.39, 0.29) is 5.56 Å². The SMILES string of the molecule is CC(C)C.CC(C)Cc1nccc(=O)[nH]1. The van der Waals surface area contributed by atoms with Crippen molar-refractivity contribution < 1.29 is 0 Å². The van der Waals surface area contributed by atoms with E-state index in [0.717, 1.165) is 18.2 Å².